The molecule has 0 bridgehead atoms. The van der Waals surface area contributed by atoms with E-state index < -0.39 is 7.67 Å². The first-order valence-electron chi connectivity index (χ1n) is 7.08. The fourth-order valence-corrected chi connectivity index (χ4v) is 5.20. The summed E-state index contributed by atoms with van der Waals surface area (Å²) < 4.78 is 22.5. The van der Waals surface area contributed by atoms with Gasteiger partial charge in [-0.1, -0.05) is 13.8 Å². The summed E-state index contributed by atoms with van der Waals surface area (Å²) in [4.78, 5) is 0. The van der Waals surface area contributed by atoms with Crippen molar-refractivity contribution in [3.05, 3.63) is 0 Å². The summed E-state index contributed by atoms with van der Waals surface area (Å²) in [6.45, 7) is 6.16. The van der Waals surface area contributed by atoms with Gasteiger partial charge in [0.1, 0.15) is 0 Å². The van der Waals surface area contributed by atoms with Gasteiger partial charge in [0, 0.05) is 37.9 Å². The summed E-state index contributed by atoms with van der Waals surface area (Å²) in [6, 6.07) is 0. The first kappa shape index (κ1) is 20.6. The average molecular weight is 349 g/mol. The Bertz CT molecular complexity index is 253. The van der Waals surface area contributed by atoms with E-state index in [1.165, 1.54) is 0 Å². The molecular formula is C12H27Cl2N2O3P. The zero-order chi connectivity index (χ0) is 15.4. The van der Waals surface area contributed by atoms with Crippen molar-refractivity contribution in [3.63, 3.8) is 0 Å². The molecule has 0 aliphatic heterocycles. The number of hydrogen-bond donors (Lipinski definition) is 1. The minimum absolute atomic E-state index is 0.0439. The van der Waals surface area contributed by atoms with Crippen molar-refractivity contribution < 1.29 is 14.2 Å². The number of rotatable bonds is 13. The SMILES string of the molecule is CCCN(CCCl)P(=O)(OCCO)N(CCC)CCCl. The van der Waals surface area contributed by atoms with E-state index in [1.807, 2.05) is 13.8 Å². The fourth-order valence-electron chi connectivity index (χ4n) is 1.94. The van der Waals surface area contributed by atoms with E-state index in [4.69, 9.17) is 32.8 Å². The third-order valence-corrected chi connectivity index (χ3v) is 5.80. The molecule has 0 fully saturated rings. The van der Waals surface area contributed by atoms with E-state index in [2.05, 4.69) is 0 Å². The first-order valence-corrected chi connectivity index (χ1v) is 9.68. The molecule has 0 saturated heterocycles. The zero-order valence-corrected chi connectivity index (χ0v) is 14.8. The molecule has 0 radical (unpaired) electrons. The molecule has 0 aromatic rings. The van der Waals surface area contributed by atoms with Crippen molar-refractivity contribution >= 4 is 30.9 Å². The van der Waals surface area contributed by atoms with E-state index in [0.717, 1.165) is 12.8 Å². The number of aliphatic hydroxyl groups is 1. The van der Waals surface area contributed by atoms with E-state index in [1.54, 1.807) is 9.34 Å². The third kappa shape index (κ3) is 6.61. The lowest BCUT2D eigenvalue weighted by molar-refractivity contribution is 0.162. The Morgan fingerprint density at radius 2 is 1.45 bits per heavy atom. The predicted molar refractivity (Wildman–Crippen MR) is 85.8 cm³/mol. The highest BCUT2D eigenvalue weighted by Gasteiger charge is 2.37. The molecule has 0 spiro atoms. The van der Waals surface area contributed by atoms with Crippen molar-refractivity contribution in [1.29, 1.82) is 0 Å². The molecule has 0 atom stereocenters. The number of nitrogens with zero attached hydrogens (tertiary/aromatic N) is 2. The molecular weight excluding hydrogens is 322 g/mol. The summed E-state index contributed by atoms with van der Waals surface area (Å²) in [5, 5.41) is 8.98. The molecule has 8 heteroatoms. The largest absolute Gasteiger partial charge is 0.394 e. The molecule has 0 rings (SSSR count). The van der Waals surface area contributed by atoms with E-state index >= 15 is 0 Å². The summed E-state index contributed by atoms with van der Waals surface area (Å²) in [6.07, 6.45) is 1.70. The second-order valence-electron chi connectivity index (χ2n) is 4.33. The number of alkyl halides is 2. The van der Waals surface area contributed by atoms with Crippen LogP contribution in [0.1, 0.15) is 26.7 Å². The molecule has 1 N–H and O–H groups in total. The monoisotopic (exact) mass is 348 g/mol. The maximum atomic E-state index is 13.3. The van der Waals surface area contributed by atoms with Crippen molar-refractivity contribution in [2.24, 2.45) is 0 Å². The summed E-state index contributed by atoms with van der Waals surface area (Å²) in [5.74, 6) is 0.765. The van der Waals surface area contributed by atoms with Gasteiger partial charge >= 0.3 is 7.67 Å². The van der Waals surface area contributed by atoms with E-state index in [0.29, 0.717) is 37.9 Å². The Labute approximate surface area is 132 Å². The second kappa shape index (κ2) is 12.2. The second-order valence-corrected chi connectivity index (χ2v) is 7.46. The van der Waals surface area contributed by atoms with Crippen LogP contribution in [0.25, 0.3) is 0 Å². The van der Waals surface area contributed by atoms with Gasteiger partial charge in [0.15, 0.2) is 0 Å². The molecule has 5 nitrogen and oxygen atoms in total. The van der Waals surface area contributed by atoms with Crippen LogP contribution in [0.15, 0.2) is 0 Å². The maximum Gasteiger partial charge on any atom is 0.346 e. The highest BCUT2D eigenvalue weighted by Crippen LogP contribution is 2.54. The van der Waals surface area contributed by atoms with Crippen molar-refractivity contribution in [1.82, 2.24) is 9.34 Å². The van der Waals surface area contributed by atoms with Gasteiger partial charge in [0.2, 0.25) is 0 Å². The molecule has 0 aromatic carbocycles. The average Bonchev–Trinajstić information content (AvgIpc) is 2.44. The molecule has 0 saturated carbocycles. The van der Waals surface area contributed by atoms with Crippen LogP contribution >= 0.6 is 30.9 Å². The summed E-state index contributed by atoms with van der Waals surface area (Å²) in [5.41, 5.74) is 0. The summed E-state index contributed by atoms with van der Waals surface area (Å²) >= 11 is 11.6. The highest BCUT2D eigenvalue weighted by molar-refractivity contribution is 7.54. The zero-order valence-electron chi connectivity index (χ0n) is 12.4. The van der Waals surface area contributed by atoms with Crippen molar-refractivity contribution in [3.8, 4) is 0 Å². The van der Waals surface area contributed by atoms with Gasteiger partial charge in [-0.05, 0) is 12.8 Å². The van der Waals surface area contributed by atoms with Gasteiger partial charge in [-0.25, -0.2) is 9.34 Å². The molecule has 20 heavy (non-hydrogen) atoms. The van der Waals surface area contributed by atoms with Crippen LogP contribution in [0.5, 0.6) is 0 Å². The lowest BCUT2D eigenvalue weighted by Crippen LogP contribution is -2.36. The van der Waals surface area contributed by atoms with Crippen LogP contribution in [-0.4, -0.2) is 65.6 Å². The molecule has 0 aromatic heterocycles. The first-order chi connectivity index (χ1) is 9.60. The van der Waals surface area contributed by atoms with Gasteiger partial charge in [0.25, 0.3) is 0 Å². The van der Waals surface area contributed by atoms with Crippen molar-refractivity contribution in [2.75, 3.05) is 51.2 Å². The molecule has 0 heterocycles. The standard InChI is InChI=1S/C12H27Cl2N2O3P/c1-3-7-15(9-5-13)20(18,19-12-11-17)16(8-4-2)10-6-14/h17H,3-12H2,1-2H3. The third-order valence-electron chi connectivity index (χ3n) is 2.71. The molecule has 122 valence electrons. The minimum Gasteiger partial charge on any atom is -0.394 e. The highest BCUT2D eigenvalue weighted by atomic mass is 35.5. The van der Waals surface area contributed by atoms with Crippen LogP contribution in [0.2, 0.25) is 0 Å². The van der Waals surface area contributed by atoms with Crippen molar-refractivity contribution in [2.45, 2.75) is 26.7 Å². The molecule has 0 aliphatic carbocycles. The molecule has 0 amide bonds. The van der Waals surface area contributed by atoms with Crippen LogP contribution in [0.4, 0.5) is 0 Å². The van der Waals surface area contributed by atoms with Crippen LogP contribution < -0.4 is 0 Å². The molecule has 0 aliphatic rings. The maximum absolute atomic E-state index is 13.3. The Hall–Kier alpha value is 0.650. The number of halogens is 2. The van der Waals surface area contributed by atoms with Gasteiger partial charge in [-0.2, -0.15) is 0 Å². The van der Waals surface area contributed by atoms with E-state index in [-0.39, 0.29) is 13.2 Å². The number of aliphatic hydroxyl groups excluding tert-OH is 1. The van der Waals surface area contributed by atoms with E-state index in [9.17, 15) is 4.57 Å². The quantitative estimate of drug-likeness (QED) is 0.409. The predicted octanol–water partition coefficient (Wildman–Crippen LogP) is 3.01. The van der Waals surface area contributed by atoms with Gasteiger partial charge in [0.05, 0.1) is 13.2 Å². The molecule has 0 unspecified atom stereocenters. The Kier molecular flexibility index (Phi) is 12.6. The normalized spacial score (nSPS) is 12.6. The van der Waals surface area contributed by atoms with Gasteiger partial charge in [-0.15, -0.1) is 23.2 Å². The smallest absolute Gasteiger partial charge is 0.346 e. The van der Waals surface area contributed by atoms with Crippen LogP contribution in [0, 0.1) is 0 Å². The minimum atomic E-state index is -3.18. The van der Waals surface area contributed by atoms with Gasteiger partial charge in [-0.3, -0.25) is 4.57 Å². The van der Waals surface area contributed by atoms with Crippen LogP contribution in [0.3, 0.4) is 0 Å². The van der Waals surface area contributed by atoms with Crippen LogP contribution in [-0.2, 0) is 9.09 Å². The lowest BCUT2D eigenvalue weighted by Gasteiger charge is -2.37. The topological polar surface area (TPSA) is 53.0 Å². The Morgan fingerprint density at radius 3 is 1.75 bits per heavy atom. The van der Waals surface area contributed by atoms with Gasteiger partial charge < -0.3 is 9.63 Å². The lowest BCUT2D eigenvalue weighted by atomic mass is 10.5. The Balaban J connectivity index is 5.22. The number of hydrogen-bond acceptors (Lipinski definition) is 3. The fraction of sp³-hybridized carbons (Fsp3) is 1.00. The summed E-state index contributed by atoms with van der Waals surface area (Å²) in [7, 11) is -3.18. The Morgan fingerprint density at radius 1 is 1.00 bits per heavy atom.